The summed E-state index contributed by atoms with van der Waals surface area (Å²) >= 11 is 0. The van der Waals surface area contributed by atoms with Crippen LogP contribution in [0.15, 0.2) is 29.3 Å². The molecule has 2 aromatic heterocycles. The molecule has 2 aliphatic rings. The van der Waals surface area contributed by atoms with E-state index in [9.17, 15) is 13.2 Å². The first kappa shape index (κ1) is 30.3. The fourth-order valence-electron chi connectivity index (χ4n) is 6.78. The lowest BCUT2D eigenvalue weighted by Gasteiger charge is -2.37. The Kier molecular flexibility index (Phi) is 8.29. The number of nitrogens with one attached hydrogen (secondary N) is 1. The van der Waals surface area contributed by atoms with Crippen molar-refractivity contribution in [3.63, 3.8) is 0 Å². The van der Waals surface area contributed by atoms with Crippen LogP contribution in [0.4, 0.5) is 11.6 Å². The van der Waals surface area contributed by atoms with Gasteiger partial charge in [0.05, 0.1) is 11.3 Å². The molecule has 2 fully saturated rings. The lowest BCUT2D eigenvalue weighted by molar-refractivity contribution is 0.0981. The number of aromatic nitrogens is 2. The smallest absolute Gasteiger partial charge is 0.281 e. The number of nitrogens with two attached hydrogens (primary N) is 1. The summed E-state index contributed by atoms with van der Waals surface area (Å²) in [6, 6.07) is 6.26. The van der Waals surface area contributed by atoms with Crippen molar-refractivity contribution in [2.24, 2.45) is 17.8 Å². The van der Waals surface area contributed by atoms with Crippen LogP contribution in [0.5, 0.6) is 0 Å². The average Bonchev–Trinajstić information content (AvgIpc) is 3.48. The topological polar surface area (TPSA) is 118 Å². The number of carbonyl (C=O) groups excluding carboxylic acids is 1. The van der Waals surface area contributed by atoms with Crippen LogP contribution in [0.3, 0.4) is 0 Å². The van der Waals surface area contributed by atoms with Crippen molar-refractivity contribution in [1.29, 1.82) is 0 Å². The second kappa shape index (κ2) is 11.0. The molecule has 0 spiro atoms. The number of sulfonamides is 1. The minimum absolute atomic E-state index is 0.0667. The molecular weight excluding hydrogens is 522 g/mol. The Morgan fingerprint density at radius 3 is 2.35 bits per heavy atom. The third-order valence-corrected chi connectivity index (χ3v) is 10.2. The standard InChI is InChI=1S/C31H47N5O3S/c1-19-17-31(7,8)36(18-19)28-24(29(37)35-40(38,39)26-15-11-14-25(32)33-26)16-23(27(34-28)30(4,5)6)21(3)20(2)22-12-9-10-13-22/h11,14-16,19-22H,9-10,12-13,17-18H2,1-8H3,(H2,32,33)(H,35,37)/t19-,20?,21?/m0/s1. The number of amides is 1. The van der Waals surface area contributed by atoms with Gasteiger partial charge in [-0.2, -0.15) is 8.42 Å². The van der Waals surface area contributed by atoms with Crippen LogP contribution < -0.4 is 15.4 Å². The molecule has 2 aromatic rings. The number of nitrogen functional groups attached to an aromatic ring is 1. The number of hydrogen-bond donors (Lipinski definition) is 2. The molecule has 0 bridgehead atoms. The summed E-state index contributed by atoms with van der Waals surface area (Å²) in [6.45, 7) is 18.2. The third kappa shape index (κ3) is 6.14. The van der Waals surface area contributed by atoms with E-state index in [-0.39, 0.29) is 33.3 Å². The van der Waals surface area contributed by atoms with Crippen LogP contribution in [0, 0.1) is 17.8 Å². The van der Waals surface area contributed by atoms with E-state index in [0.29, 0.717) is 23.6 Å². The van der Waals surface area contributed by atoms with Crippen molar-refractivity contribution in [2.45, 2.75) is 109 Å². The molecule has 9 heteroatoms. The minimum Gasteiger partial charge on any atom is -0.384 e. The highest BCUT2D eigenvalue weighted by Gasteiger charge is 2.41. The minimum atomic E-state index is -4.25. The number of rotatable bonds is 7. The Balaban J connectivity index is 1.87. The van der Waals surface area contributed by atoms with Crippen molar-refractivity contribution >= 4 is 27.6 Å². The number of nitrogens with zero attached hydrogens (tertiary/aromatic N) is 3. The maximum Gasteiger partial charge on any atom is 0.281 e. The van der Waals surface area contributed by atoms with Gasteiger partial charge in [0.2, 0.25) is 0 Å². The predicted molar refractivity (Wildman–Crippen MR) is 161 cm³/mol. The van der Waals surface area contributed by atoms with Gasteiger partial charge in [0, 0.05) is 17.5 Å². The third-order valence-electron chi connectivity index (χ3n) is 8.99. The molecule has 2 unspecified atom stereocenters. The SMILES string of the molecule is CC(c1cc(C(=O)NS(=O)(=O)c2cccc(N)n2)c(N2C[C@@H](C)CC2(C)C)nc1C(C)(C)C)C(C)C1CCCC1. The zero-order valence-electron chi connectivity index (χ0n) is 25.4. The normalized spacial score (nSPS) is 21.4. The fraction of sp³-hybridized carbons (Fsp3) is 0.645. The molecule has 3 N–H and O–H groups in total. The largest absolute Gasteiger partial charge is 0.384 e. The van der Waals surface area contributed by atoms with E-state index < -0.39 is 15.9 Å². The lowest BCUT2D eigenvalue weighted by Crippen LogP contribution is -2.41. The molecule has 1 saturated heterocycles. The Morgan fingerprint density at radius 1 is 1.15 bits per heavy atom. The molecule has 4 rings (SSSR count). The second-order valence-corrected chi connectivity index (χ2v) is 15.4. The molecule has 1 amide bonds. The van der Waals surface area contributed by atoms with Crippen molar-refractivity contribution in [2.75, 3.05) is 17.2 Å². The summed E-state index contributed by atoms with van der Waals surface area (Å²) in [4.78, 5) is 25.3. The molecule has 1 saturated carbocycles. The van der Waals surface area contributed by atoms with Gasteiger partial charge >= 0.3 is 0 Å². The van der Waals surface area contributed by atoms with Gasteiger partial charge in [-0.15, -0.1) is 0 Å². The van der Waals surface area contributed by atoms with Crippen LogP contribution in [0.1, 0.15) is 115 Å². The first-order chi connectivity index (χ1) is 18.5. The molecule has 220 valence electrons. The fourth-order valence-corrected chi connectivity index (χ4v) is 7.73. The highest BCUT2D eigenvalue weighted by atomic mass is 32.2. The van der Waals surface area contributed by atoms with Gasteiger partial charge in [0.1, 0.15) is 11.6 Å². The molecule has 40 heavy (non-hydrogen) atoms. The molecule has 0 aromatic carbocycles. The van der Waals surface area contributed by atoms with Gasteiger partial charge in [0.25, 0.3) is 15.9 Å². The number of hydrogen-bond acceptors (Lipinski definition) is 7. The van der Waals surface area contributed by atoms with E-state index >= 15 is 0 Å². The summed E-state index contributed by atoms with van der Waals surface area (Å²) in [5.41, 5.74) is 7.49. The summed E-state index contributed by atoms with van der Waals surface area (Å²) in [6.07, 6.45) is 5.91. The Bertz CT molecular complexity index is 1360. The van der Waals surface area contributed by atoms with Crippen molar-refractivity contribution < 1.29 is 13.2 Å². The predicted octanol–water partition coefficient (Wildman–Crippen LogP) is 6.03. The summed E-state index contributed by atoms with van der Waals surface area (Å²) < 4.78 is 28.7. The maximum absolute atomic E-state index is 13.9. The number of carbonyl (C=O) groups is 1. The molecule has 1 aliphatic heterocycles. The van der Waals surface area contributed by atoms with Gasteiger partial charge in [-0.05, 0) is 67.7 Å². The van der Waals surface area contributed by atoms with E-state index in [4.69, 9.17) is 10.7 Å². The van der Waals surface area contributed by atoms with E-state index in [1.165, 1.54) is 43.9 Å². The number of pyridine rings is 2. The van der Waals surface area contributed by atoms with E-state index in [1.807, 2.05) is 6.07 Å². The van der Waals surface area contributed by atoms with Crippen molar-refractivity contribution in [3.05, 3.63) is 41.1 Å². The van der Waals surface area contributed by atoms with Crippen LogP contribution in [-0.4, -0.2) is 36.4 Å². The first-order valence-electron chi connectivity index (χ1n) is 14.6. The first-order valence-corrected chi connectivity index (χ1v) is 16.1. The maximum atomic E-state index is 13.9. The summed E-state index contributed by atoms with van der Waals surface area (Å²) in [5.74, 6) is 1.51. The Labute approximate surface area is 240 Å². The number of anilines is 2. The molecule has 0 radical (unpaired) electrons. The summed E-state index contributed by atoms with van der Waals surface area (Å²) in [5, 5.41) is -0.291. The lowest BCUT2D eigenvalue weighted by atomic mass is 9.75. The molecule has 3 atom stereocenters. The van der Waals surface area contributed by atoms with E-state index in [2.05, 4.69) is 70.0 Å². The van der Waals surface area contributed by atoms with Gasteiger partial charge < -0.3 is 10.6 Å². The van der Waals surface area contributed by atoms with Crippen LogP contribution >= 0.6 is 0 Å². The van der Waals surface area contributed by atoms with Crippen LogP contribution in [0.2, 0.25) is 0 Å². The van der Waals surface area contributed by atoms with Gasteiger partial charge in [-0.25, -0.2) is 14.7 Å². The van der Waals surface area contributed by atoms with Crippen LogP contribution in [-0.2, 0) is 15.4 Å². The second-order valence-electron chi connectivity index (χ2n) is 13.8. The molecule has 3 heterocycles. The van der Waals surface area contributed by atoms with Crippen LogP contribution in [0.25, 0.3) is 0 Å². The zero-order chi connectivity index (χ0) is 29.6. The monoisotopic (exact) mass is 569 g/mol. The Morgan fingerprint density at radius 2 is 1.80 bits per heavy atom. The molecule has 1 aliphatic carbocycles. The molecular formula is C31H47N5O3S. The highest BCUT2D eigenvalue weighted by Crippen LogP contribution is 2.44. The van der Waals surface area contributed by atoms with Crippen molar-refractivity contribution in [1.82, 2.24) is 14.7 Å². The van der Waals surface area contributed by atoms with Gasteiger partial charge in [-0.1, -0.05) is 73.3 Å². The average molecular weight is 570 g/mol. The van der Waals surface area contributed by atoms with Gasteiger partial charge in [0.15, 0.2) is 5.03 Å². The molecule has 8 nitrogen and oxygen atoms in total. The van der Waals surface area contributed by atoms with Gasteiger partial charge in [-0.3, -0.25) is 4.79 Å². The van der Waals surface area contributed by atoms with Crippen molar-refractivity contribution in [3.8, 4) is 0 Å². The van der Waals surface area contributed by atoms with E-state index in [1.54, 1.807) is 0 Å². The van der Waals surface area contributed by atoms with E-state index in [0.717, 1.165) is 24.2 Å². The Hall–Kier alpha value is -2.68. The highest BCUT2D eigenvalue weighted by molar-refractivity contribution is 7.90. The zero-order valence-corrected chi connectivity index (χ0v) is 26.2. The summed E-state index contributed by atoms with van der Waals surface area (Å²) in [7, 11) is -4.25. The quantitative estimate of drug-likeness (QED) is 0.418.